The Morgan fingerprint density at radius 2 is 1.91 bits per heavy atom. The number of ether oxygens (including phenoxy) is 3. The molecule has 1 saturated heterocycles. The first-order valence-electron chi connectivity index (χ1n) is 9.14. The maximum atomic E-state index is 13.0. The maximum Gasteiger partial charge on any atom is 0.344 e. The number of anilines is 1. The van der Waals surface area contributed by atoms with Crippen LogP contribution in [0, 0.1) is 0 Å². The van der Waals surface area contributed by atoms with Gasteiger partial charge in [-0.05, 0) is 48.9 Å². The van der Waals surface area contributed by atoms with Gasteiger partial charge in [0, 0.05) is 0 Å². The van der Waals surface area contributed by atoms with Crippen molar-refractivity contribution in [2.45, 2.75) is 6.92 Å². The standard InChI is InChI=1S/C21H16Cl3NO5S2/c1-3-29-18(26)10-30-19-15(24)6-11(7-16(19)28-2)8-17-20(27)25(21(31)32-17)12-4-5-13(22)14(23)9-12/h4-9H,3,10H2,1-2H3/b17-8+. The Kier molecular flexibility index (Phi) is 8.30. The van der Waals surface area contributed by atoms with Crippen LogP contribution in [0.15, 0.2) is 35.2 Å². The quantitative estimate of drug-likeness (QED) is 0.246. The minimum Gasteiger partial charge on any atom is -0.493 e. The highest BCUT2D eigenvalue weighted by molar-refractivity contribution is 8.27. The molecule has 32 heavy (non-hydrogen) atoms. The number of carbonyl (C=O) groups is 2. The molecule has 1 aliphatic heterocycles. The van der Waals surface area contributed by atoms with Crippen LogP contribution in [-0.2, 0) is 14.3 Å². The molecular formula is C21H16Cl3NO5S2. The number of thiocarbonyl (C=S) groups is 1. The van der Waals surface area contributed by atoms with Crippen molar-refractivity contribution in [1.29, 1.82) is 0 Å². The number of amides is 1. The number of carbonyl (C=O) groups excluding carboxylic acids is 2. The van der Waals surface area contributed by atoms with Crippen molar-refractivity contribution in [3.05, 3.63) is 55.9 Å². The normalized spacial score (nSPS) is 14.8. The fourth-order valence-electron chi connectivity index (χ4n) is 2.76. The molecule has 11 heteroatoms. The Balaban J connectivity index is 1.87. The fourth-order valence-corrected chi connectivity index (χ4v) is 4.63. The number of hydrogen-bond acceptors (Lipinski definition) is 7. The molecular weight excluding hydrogens is 517 g/mol. The van der Waals surface area contributed by atoms with Crippen LogP contribution in [0.4, 0.5) is 5.69 Å². The summed E-state index contributed by atoms with van der Waals surface area (Å²) in [6, 6.07) is 8.07. The van der Waals surface area contributed by atoms with Crippen LogP contribution in [-0.4, -0.2) is 36.5 Å². The van der Waals surface area contributed by atoms with E-state index < -0.39 is 5.97 Å². The Morgan fingerprint density at radius 1 is 1.16 bits per heavy atom. The van der Waals surface area contributed by atoms with E-state index in [1.54, 1.807) is 43.3 Å². The first-order chi connectivity index (χ1) is 15.2. The molecule has 2 aromatic rings. The average molecular weight is 533 g/mol. The van der Waals surface area contributed by atoms with Gasteiger partial charge >= 0.3 is 5.97 Å². The van der Waals surface area contributed by atoms with Crippen LogP contribution < -0.4 is 14.4 Å². The zero-order valence-corrected chi connectivity index (χ0v) is 20.7. The molecule has 0 unspecified atom stereocenters. The van der Waals surface area contributed by atoms with Crippen molar-refractivity contribution in [3.8, 4) is 11.5 Å². The SMILES string of the molecule is CCOC(=O)COc1c(Cl)cc(/C=C2/SC(=S)N(c3ccc(Cl)c(Cl)c3)C2=O)cc1OC. The topological polar surface area (TPSA) is 65.1 Å². The molecule has 168 valence electrons. The van der Waals surface area contributed by atoms with E-state index in [0.29, 0.717) is 36.3 Å². The summed E-state index contributed by atoms with van der Waals surface area (Å²) in [5.41, 5.74) is 1.11. The van der Waals surface area contributed by atoms with Gasteiger partial charge in [0.25, 0.3) is 5.91 Å². The molecule has 0 aliphatic carbocycles. The van der Waals surface area contributed by atoms with Gasteiger partial charge in [0.1, 0.15) is 0 Å². The molecule has 3 rings (SSSR count). The third-order valence-corrected chi connectivity index (χ3v) is 6.47. The monoisotopic (exact) mass is 531 g/mol. The van der Waals surface area contributed by atoms with Crippen molar-refractivity contribution in [2.75, 3.05) is 25.2 Å². The Labute approximate surface area is 209 Å². The summed E-state index contributed by atoms with van der Waals surface area (Å²) in [6.45, 7) is 1.63. The van der Waals surface area contributed by atoms with E-state index in [4.69, 9.17) is 61.2 Å². The van der Waals surface area contributed by atoms with Gasteiger partial charge in [-0.2, -0.15) is 0 Å². The predicted molar refractivity (Wildman–Crippen MR) is 132 cm³/mol. The number of rotatable bonds is 7. The van der Waals surface area contributed by atoms with Crippen LogP contribution in [0.2, 0.25) is 15.1 Å². The molecule has 0 atom stereocenters. The number of methoxy groups -OCH3 is 1. The molecule has 0 aromatic heterocycles. The number of benzene rings is 2. The van der Waals surface area contributed by atoms with Crippen LogP contribution >= 0.6 is 58.8 Å². The lowest BCUT2D eigenvalue weighted by Gasteiger charge is -2.15. The molecule has 0 N–H and O–H groups in total. The van der Waals surface area contributed by atoms with Crippen LogP contribution in [0.1, 0.15) is 12.5 Å². The third-order valence-electron chi connectivity index (χ3n) is 4.14. The second-order valence-corrected chi connectivity index (χ2v) is 9.14. The summed E-state index contributed by atoms with van der Waals surface area (Å²) in [5, 5.41) is 0.903. The molecule has 0 bridgehead atoms. The highest BCUT2D eigenvalue weighted by atomic mass is 35.5. The van der Waals surface area contributed by atoms with Crippen molar-refractivity contribution in [1.82, 2.24) is 0 Å². The fraction of sp³-hybridized carbons (Fsp3) is 0.190. The maximum absolute atomic E-state index is 13.0. The molecule has 1 fully saturated rings. The summed E-state index contributed by atoms with van der Waals surface area (Å²) in [7, 11) is 1.44. The predicted octanol–water partition coefficient (Wildman–Crippen LogP) is 6.00. The van der Waals surface area contributed by atoms with E-state index in [1.807, 2.05) is 0 Å². The van der Waals surface area contributed by atoms with E-state index in [-0.39, 0.29) is 29.9 Å². The van der Waals surface area contributed by atoms with Crippen molar-refractivity contribution in [2.24, 2.45) is 0 Å². The van der Waals surface area contributed by atoms with Crippen LogP contribution in [0.25, 0.3) is 6.08 Å². The van der Waals surface area contributed by atoms with Gasteiger partial charge in [0.15, 0.2) is 22.4 Å². The van der Waals surface area contributed by atoms with E-state index in [1.165, 1.54) is 12.0 Å². The molecule has 0 spiro atoms. The van der Waals surface area contributed by atoms with Crippen LogP contribution in [0.5, 0.6) is 11.5 Å². The van der Waals surface area contributed by atoms with Gasteiger partial charge in [-0.1, -0.05) is 58.8 Å². The van der Waals surface area contributed by atoms with E-state index in [0.717, 1.165) is 11.8 Å². The third kappa shape index (κ3) is 5.50. The minimum absolute atomic E-state index is 0.197. The largest absolute Gasteiger partial charge is 0.493 e. The zero-order chi connectivity index (χ0) is 23.4. The summed E-state index contributed by atoms with van der Waals surface area (Å²) in [4.78, 5) is 26.3. The highest BCUT2D eigenvalue weighted by Gasteiger charge is 2.33. The Hall–Kier alpha value is -1.97. The lowest BCUT2D eigenvalue weighted by molar-refractivity contribution is -0.145. The van der Waals surface area contributed by atoms with E-state index in [9.17, 15) is 9.59 Å². The van der Waals surface area contributed by atoms with E-state index >= 15 is 0 Å². The van der Waals surface area contributed by atoms with Gasteiger partial charge in [0.05, 0.1) is 39.4 Å². The first-order valence-corrected chi connectivity index (χ1v) is 11.5. The summed E-state index contributed by atoms with van der Waals surface area (Å²) in [5.74, 6) is -0.340. The summed E-state index contributed by atoms with van der Waals surface area (Å²) >= 11 is 24.9. The lowest BCUT2D eigenvalue weighted by atomic mass is 10.1. The van der Waals surface area contributed by atoms with Gasteiger partial charge in [0.2, 0.25) is 0 Å². The van der Waals surface area contributed by atoms with Crippen molar-refractivity contribution >= 4 is 86.7 Å². The number of esters is 1. The molecule has 1 aliphatic rings. The number of thioether (sulfide) groups is 1. The molecule has 6 nitrogen and oxygen atoms in total. The average Bonchev–Trinajstić information content (AvgIpc) is 3.02. The minimum atomic E-state index is -0.527. The second-order valence-electron chi connectivity index (χ2n) is 6.24. The smallest absolute Gasteiger partial charge is 0.344 e. The molecule has 1 amide bonds. The highest BCUT2D eigenvalue weighted by Crippen LogP contribution is 2.40. The molecule has 1 heterocycles. The lowest BCUT2D eigenvalue weighted by Crippen LogP contribution is -2.27. The van der Waals surface area contributed by atoms with Gasteiger partial charge in [-0.3, -0.25) is 9.69 Å². The zero-order valence-electron chi connectivity index (χ0n) is 16.8. The molecule has 0 saturated carbocycles. The summed E-state index contributed by atoms with van der Waals surface area (Å²) < 4.78 is 16.0. The number of hydrogen-bond donors (Lipinski definition) is 0. The second kappa shape index (κ2) is 10.8. The van der Waals surface area contributed by atoms with Gasteiger partial charge in [-0.15, -0.1) is 0 Å². The number of halogens is 3. The van der Waals surface area contributed by atoms with Crippen molar-refractivity contribution < 1.29 is 23.8 Å². The van der Waals surface area contributed by atoms with Gasteiger partial charge in [-0.25, -0.2) is 4.79 Å². The summed E-state index contributed by atoms with van der Waals surface area (Å²) in [6.07, 6.45) is 1.64. The molecule has 0 radical (unpaired) electrons. The van der Waals surface area contributed by atoms with Crippen LogP contribution in [0.3, 0.4) is 0 Å². The van der Waals surface area contributed by atoms with Crippen molar-refractivity contribution in [3.63, 3.8) is 0 Å². The Morgan fingerprint density at radius 3 is 2.56 bits per heavy atom. The molecule has 2 aromatic carbocycles. The Bertz CT molecular complexity index is 1120. The van der Waals surface area contributed by atoms with Gasteiger partial charge < -0.3 is 14.2 Å². The number of nitrogens with zero attached hydrogens (tertiary/aromatic N) is 1. The van der Waals surface area contributed by atoms with E-state index in [2.05, 4.69) is 0 Å². The first kappa shape index (κ1) is 24.7.